The molecule has 1 aliphatic carbocycles. The molecule has 1 aromatic rings. The number of rotatable bonds is 4. The Morgan fingerprint density at radius 3 is 2.55 bits per heavy atom. The Labute approximate surface area is 128 Å². The number of aryl methyl sites for hydroxylation is 1. The number of ketones is 1. The van der Waals surface area contributed by atoms with Crippen molar-refractivity contribution in [2.75, 3.05) is 19.9 Å². The van der Waals surface area contributed by atoms with Crippen molar-refractivity contribution >= 4 is 21.6 Å². The second-order valence-corrected chi connectivity index (χ2v) is 6.70. The number of fused-ring (bicyclic) bond motifs is 1. The lowest BCUT2D eigenvalue weighted by Crippen LogP contribution is -2.45. The van der Waals surface area contributed by atoms with E-state index in [1.165, 1.54) is 0 Å². The van der Waals surface area contributed by atoms with Gasteiger partial charge in [0.15, 0.2) is 0 Å². The molecule has 0 radical (unpaired) electrons. The van der Waals surface area contributed by atoms with Crippen molar-refractivity contribution in [3.05, 3.63) is 28.5 Å². The summed E-state index contributed by atoms with van der Waals surface area (Å²) in [7, 11) is -1.90. The predicted octanol–water partition coefficient (Wildman–Crippen LogP) is -0.565. The Kier molecular flexibility index (Phi) is 4.21. The largest absolute Gasteiger partial charge is 0.395 e. The number of imidazole rings is 1. The minimum Gasteiger partial charge on any atom is -0.395 e. The highest BCUT2D eigenvalue weighted by Gasteiger charge is 2.37. The molecule has 1 heterocycles. The van der Waals surface area contributed by atoms with Crippen LogP contribution in [0.5, 0.6) is 0 Å². The summed E-state index contributed by atoms with van der Waals surface area (Å²) in [5.41, 5.74) is 8.23. The lowest BCUT2D eigenvalue weighted by atomic mass is 9.95. The van der Waals surface area contributed by atoms with Crippen LogP contribution >= 0.6 is 0 Å². The number of nitrogens with zero attached hydrogens (tertiary/aromatic N) is 2. The van der Waals surface area contributed by atoms with Gasteiger partial charge in [-0.15, -0.1) is 0 Å². The number of aliphatic imine (C=N–C) groups is 1. The summed E-state index contributed by atoms with van der Waals surface area (Å²) in [5.74, 6) is 0.391. The van der Waals surface area contributed by atoms with E-state index in [0.717, 1.165) is 6.26 Å². The summed E-state index contributed by atoms with van der Waals surface area (Å²) in [4.78, 5) is 19.7. The van der Waals surface area contributed by atoms with E-state index in [4.69, 9.17) is 9.92 Å². The molecule has 3 N–H and O–H groups in total. The topological polar surface area (TPSA) is 118 Å². The minimum absolute atomic E-state index is 0.0664. The molecule has 0 amide bonds. The van der Waals surface area contributed by atoms with Gasteiger partial charge in [-0.1, -0.05) is 0 Å². The van der Waals surface area contributed by atoms with Crippen LogP contribution in [0.2, 0.25) is 0 Å². The van der Waals surface area contributed by atoms with E-state index in [2.05, 4.69) is 9.98 Å². The molecule has 0 unspecified atom stereocenters. The molecule has 120 valence electrons. The summed E-state index contributed by atoms with van der Waals surface area (Å²) < 4.78 is 28.5. The van der Waals surface area contributed by atoms with Crippen molar-refractivity contribution in [2.45, 2.75) is 20.4 Å². The molecule has 9 heteroatoms. The third-order valence-electron chi connectivity index (χ3n) is 3.51. The molecule has 22 heavy (non-hydrogen) atoms. The van der Waals surface area contributed by atoms with E-state index in [-0.39, 0.29) is 24.6 Å². The van der Waals surface area contributed by atoms with Gasteiger partial charge in [0.25, 0.3) is 21.7 Å². The maximum atomic E-state index is 12.4. The van der Waals surface area contributed by atoms with Gasteiger partial charge >= 0.3 is 0 Å². The summed E-state index contributed by atoms with van der Waals surface area (Å²) in [6.07, 6.45) is 0.980. The molecule has 0 atom stereocenters. The van der Waals surface area contributed by atoms with E-state index in [1.807, 2.05) is 0 Å². The highest BCUT2D eigenvalue weighted by atomic mass is 32.2. The SMILES string of the molecule is CN=C1C(C)=C(N)C(=O)c2c1[nH]c(C)[n+]2CCOS(C)(=O)=O. The zero-order valence-corrected chi connectivity index (χ0v) is 13.7. The zero-order valence-electron chi connectivity index (χ0n) is 12.9. The van der Waals surface area contributed by atoms with Gasteiger partial charge in [0.1, 0.15) is 18.9 Å². The lowest BCUT2D eigenvalue weighted by molar-refractivity contribution is -0.703. The van der Waals surface area contributed by atoms with Crippen molar-refractivity contribution < 1.29 is 22.0 Å². The van der Waals surface area contributed by atoms with E-state index in [9.17, 15) is 13.2 Å². The molecule has 2 rings (SSSR count). The smallest absolute Gasteiger partial charge is 0.264 e. The van der Waals surface area contributed by atoms with Crippen LogP contribution in [0.3, 0.4) is 0 Å². The Hall–Kier alpha value is -2.00. The van der Waals surface area contributed by atoms with E-state index >= 15 is 0 Å². The fourth-order valence-corrected chi connectivity index (χ4v) is 2.85. The summed E-state index contributed by atoms with van der Waals surface area (Å²) >= 11 is 0. The van der Waals surface area contributed by atoms with Crippen LogP contribution in [0.15, 0.2) is 16.3 Å². The molecule has 0 spiro atoms. The van der Waals surface area contributed by atoms with Crippen LogP contribution in [-0.4, -0.2) is 44.8 Å². The second kappa shape index (κ2) is 5.65. The number of carbonyl (C=O) groups excluding carboxylic acids is 1. The average molecular weight is 327 g/mol. The van der Waals surface area contributed by atoms with Crippen molar-refractivity contribution in [1.29, 1.82) is 0 Å². The Bertz CT molecular complexity index is 802. The number of allylic oxidation sites excluding steroid dienone is 2. The normalized spacial score (nSPS) is 17.3. The maximum Gasteiger partial charge on any atom is 0.264 e. The van der Waals surface area contributed by atoms with E-state index in [1.54, 1.807) is 25.5 Å². The third-order valence-corrected chi connectivity index (χ3v) is 4.10. The fourth-order valence-electron chi connectivity index (χ4n) is 2.47. The van der Waals surface area contributed by atoms with Crippen LogP contribution in [0, 0.1) is 6.92 Å². The van der Waals surface area contributed by atoms with Gasteiger partial charge in [0.05, 0.1) is 12.0 Å². The number of Topliss-reactive ketones (excluding diaryl/α,β-unsaturated/α-hetero) is 1. The summed E-state index contributed by atoms with van der Waals surface area (Å²) in [5, 5.41) is 0. The molecule has 0 saturated heterocycles. The van der Waals surface area contributed by atoms with Gasteiger partial charge in [-0.3, -0.25) is 14.0 Å². The Balaban J connectivity index is 2.44. The average Bonchev–Trinajstić information content (AvgIpc) is 2.73. The standard InChI is InChI=1S/C13H18N4O4S/c1-7-9(14)13(18)12-11(10(7)15-3)16-8(2)17(12)5-6-21-22(4,19)20/h5-6H2,1-4H3,(H2,14,15)/p+1. The summed E-state index contributed by atoms with van der Waals surface area (Å²) in [6, 6.07) is 0. The van der Waals surface area contributed by atoms with Gasteiger partial charge in [-0.2, -0.15) is 8.42 Å². The zero-order chi connectivity index (χ0) is 16.7. The molecule has 0 aromatic carbocycles. The van der Waals surface area contributed by atoms with Gasteiger partial charge < -0.3 is 5.73 Å². The maximum absolute atomic E-state index is 12.4. The first-order chi connectivity index (χ1) is 10.2. The van der Waals surface area contributed by atoms with Gasteiger partial charge in [0.2, 0.25) is 11.4 Å². The number of aromatic amines is 1. The Morgan fingerprint density at radius 1 is 1.36 bits per heavy atom. The highest BCUT2D eigenvalue weighted by Crippen LogP contribution is 2.21. The number of nitrogens with two attached hydrogens (primary N) is 1. The molecule has 1 aromatic heterocycles. The van der Waals surface area contributed by atoms with Gasteiger partial charge in [-0.25, -0.2) is 9.55 Å². The predicted molar refractivity (Wildman–Crippen MR) is 80.2 cm³/mol. The van der Waals surface area contributed by atoms with Gasteiger partial charge in [-0.05, 0) is 6.92 Å². The van der Waals surface area contributed by atoms with E-state index in [0.29, 0.717) is 28.5 Å². The van der Waals surface area contributed by atoms with Crippen molar-refractivity contribution in [2.24, 2.45) is 10.7 Å². The van der Waals surface area contributed by atoms with Crippen molar-refractivity contribution in [1.82, 2.24) is 4.98 Å². The number of nitrogens with one attached hydrogen (secondary N) is 1. The van der Waals surface area contributed by atoms with E-state index < -0.39 is 10.1 Å². The molecule has 0 fully saturated rings. The number of aromatic nitrogens is 2. The molecule has 8 nitrogen and oxygen atoms in total. The van der Waals surface area contributed by atoms with Crippen LogP contribution in [0.1, 0.15) is 28.9 Å². The third kappa shape index (κ3) is 2.81. The first-order valence-electron chi connectivity index (χ1n) is 6.62. The molecular formula is C13H19N4O4S+. The molecule has 0 aliphatic heterocycles. The lowest BCUT2D eigenvalue weighted by Gasteiger charge is -2.13. The first-order valence-corrected chi connectivity index (χ1v) is 8.44. The number of hydrogen-bond donors (Lipinski definition) is 2. The number of H-pyrrole nitrogens is 1. The molecule has 0 saturated carbocycles. The van der Waals surface area contributed by atoms with Crippen LogP contribution < -0.4 is 10.3 Å². The minimum atomic E-state index is -3.53. The monoisotopic (exact) mass is 327 g/mol. The molecular weight excluding hydrogens is 308 g/mol. The van der Waals surface area contributed by atoms with Gasteiger partial charge in [0, 0.05) is 19.5 Å². The van der Waals surface area contributed by atoms with Crippen molar-refractivity contribution in [3.8, 4) is 0 Å². The quantitative estimate of drug-likeness (QED) is 0.567. The number of hydrogen-bond acceptors (Lipinski definition) is 6. The van der Waals surface area contributed by atoms with Crippen LogP contribution in [0.4, 0.5) is 0 Å². The fraction of sp³-hybridized carbons (Fsp3) is 0.462. The molecule has 0 bridgehead atoms. The number of carbonyl (C=O) groups is 1. The Morgan fingerprint density at radius 2 is 2.00 bits per heavy atom. The molecule has 1 aliphatic rings. The summed E-state index contributed by atoms with van der Waals surface area (Å²) in [6.45, 7) is 3.67. The van der Waals surface area contributed by atoms with Crippen LogP contribution in [-0.2, 0) is 20.8 Å². The second-order valence-electron chi connectivity index (χ2n) is 5.05. The van der Waals surface area contributed by atoms with Crippen LogP contribution in [0.25, 0.3) is 0 Å². The highest BCUT2D eigenvalue weighted by molar-refractivity contribution is 7.85. The first kappa shape index (κ1) is 16.4. The van der Waals surface area contributed by atoms with Crippen molar-refractivity contribution in [3.63, 3.8) is 0 Å².